The molecule has 3 heterocycles. The number of nitrogens with zero attached hydrogens (tertiary/aromatic N) is 3. The molecular formula is C16H14FN3O3S2. The second-order valence-corrected chi connectivity index (χ2v) is 8.49. The quantitative estimate of drug-likeness (QED) is 0.694. The minimum Gasteiger partial charge on any atom is -0.418 e. The molecule has 0 amide bonds. The largest absolute Gasteiger partial charge is 0.418 e. The second kappa shape index (κ2) is 6.32. The van der Waals surface area contributed by atoms with Crippen LogP contribution in [0.2, 0.25) is 0 Å². The molecule has 4 rings (SSSR count). The van der Waals surface area contributed by atoms with Gasteiger partial charge in [-0.1, -0.05) is 12.1 Å². The summed E-state index contributed by atoms with van der Waals surface area (Å²) in [7, 11) is -3.83. The van der Waals surface area contributed by atoms with Gasteiger partial charge >= 0.3 is 0 Å². The molecule has 9 heteroatoms. The molecule has 0 bridgehead atoms. The van der Waals surface area contributed by atoms with E-state index in [0.717, 1.165) is 10.9 Å². The maximum atomic E-state index is 13.4. The average molecular weight is 379 g/mol. The van der Waals surface area contributed by atoms with E-state index in [1.807, 2.05) is 17.5 Å². The molecule has 0 radical (unpaired) electrons. The summed E-state index contributed by atoms with van der Waals surface area (Å²) >= 11 is 1.47. The molecule has 0 saturated carbocycles. The highest BCUT2D eigenvalue weighted by atomic mass is 32.2. The number of sulfonamides is 1. The van der Waals surface area contributed by atoms with Crippen molar-refractivity contribution in [1.29, 1.82) is 0 Å². The minimum atomic E-state index is -3.83. The van der Waals surface area contributed by atoms with E-state index in [0.29, 0.717) is 25.3 Å². The summed E-state index contributed by atoms with van der Waals surface area (Å²) in [5, 5.41) is 9.96. The van der Waals surface area contributed by atoms with Crippen LogP contribution < -0.4 is 0 Å². The Morgan fingerprint density at radius 3 is 2.88 bits per heavy atom. The Bertz CT molecular complexity index is 986. The van der Waals surface area contributed by atoms with Crippen LogP contribution in [0.3, 0.4) is 0 Å². The summed E-state index contributed by atoms with van der Waals surface area (Å²) in [6.45, 7) is 0.334. The maximum Gasteiger partial charge on any atom is 0.257 e. The van der Waals surface area contributed by atoms with Crippen LogP contribution in [-0.2, 0) is 10.0 Å². The van der Waals surface area contributed by atoms with Crippen LogP contribution in [0.4, 0.5) is 4.39 Å². The standard InChI is InChI=1S/C16H14FN3O3S2/c17-11-4-1-5-12(10-11)25(21,22)20-8-2-6-13(20)15-18-19-16(23-15)14-7-3-9-24-14/h1,3-5,7,9-10,13H,2,6,8H2. The van der Waals surface area contributed by atoms with Crippen LogP contribution >= 0.6 is 11.3 Å². The zero-order valence-electron chi connectivity index (χ0n) is 13.0. The average Bonchev–Trinajstić information content (AvgIpc) is 3.33. The van der Waals surface area contributed by atoms with Crippen LogP contribution in [0.25, 0.3) is 10.8 Å². The molecule has 1 aromatic carbocycles. The van der Waals surface area contributed by atoms with E-state index in [9.17, 15) is 12.8 Å². The Balaban J connectivity index is 1.67. The van der Waals surface area contributed by atoms with E-state index in [1.165, 1.54) is 33.8 Å². The number of thiophene rings is 1. The Morgan fingerprint density at radius 1 is 1.24 bits per heavy atom. The normalized spacial score (nSPS) is 18.7. The smallest absolute Gasteiger partial charge is 0.257 e. The van der Waals surface area contributed by atoms with E-state index in [2.05, 4.69) is 10.2 Å². The van der Waals surface area contributed by atoms with Gasteiger partial charge in [0.2, 0.25) is 15.9 Å². The van der Waals surface area contributed by atoms with Gasteiger partial charge in [0.15, 0.2) is 0 Å². The van der Waals surface area contributed by atoms with E-state index >= 15 is 0 Å². The third-order valence-corrected chi connectivity index (χ3v) is 6.83. The van der Waals surface area contributed by atoms with Gasteiger partial charge in [0.05, 0.1) is 9.77 Å². The molecule has 1 aliphatic heterocycles. The van der Waals surface area contributed by atoms with Crippen molar-refractivity contribution >= 4 is 21.4 Å². The molecule has 2 aromatic heterocycles. The van der Waals surface area contributed by atoms with Gasteiger partial charge < -0.3 is 4.42 Å². The third-order valence-electron chi connectivity index (χ3n) is 4.06. The highest BCUT2D eigenvalue weighted by Crippen LogP contribution is 2.37. The van der Waals surface area contributed by atoms with Gasteiger partial charge in [0.1, 0.15) is 11.9 Å². The molecule has 6 nitrogen and oxygen atoms in total. The van der Waals surface area contributed by atoms with Crippen molar-refractivity contribution in [3.8, 4) is 10.8 Å². The monoisotopic (exact) mass is 379 g/mol. The molecule has 0 aliphatic carbocycles. The van der Waals surface area contributed by atoms with Crippen LogP contribution in [0, 0.1) is 5.82 Å². The predicted molar refractivity (Wildman–Crippen MR) is 89.9 cm³/mol. The van der Waals surface area contributed by atoms with Gasteiger partial charge in [-0.2, -0.15) is 4.31 Å². The van der Waals surface area contributed by atoms with E-state index in [-0.39, 0.29) is 10.8 Å². The molecule has 1 aliphatic rings. The summed E-state index contributed by atoms with van der Waals surface area (Å²) in [6.07, 6.45) is 1.26. The first-order valence-electron chi connectivity index (χ1n) is 7.70. The molecule has 0 N–H and O–H groups in total. The first-order valence-corrected chi connectivity index (χ1v) is 10.0. The van der Waals surface area contributed by atoms with E-state index in [1.54, 1.807) is 0 Å². The molecule has 1 unspecified atom stereocenters. The Morgan fingerprint density at radius 2 is 2.12 bits per heavy atom. The summed E-state index contributed by atoms with van der Waals surface area (Å²) in [5.41, 5.74) is 0. The molecule has 130 valence electrons. The summed E-state index contributed by atoms with van der Waals surface area (Å²) in [4.78, 5) is 0.758. The van der Waals surface area contributed by atoms with Crippen molar-refractivity contribution in [3.05, 3.63) is 53.5 Å². The third kappa shape index (κ3) is 2.99. The number of rotatable bonds is 4. The number of halogens is 1. The lowest BCUT2D eigenvalue weighted by atomic mass is 10.2. The van der Waals surface area contributed by atoms with Crippen molar-refractivity contribution in [2.45, 2.75) is 23.8 Å². The minimum absolute atomic E-state index is 0.0719. The van der Waals surface area contributed by atoms with E-state index in [4.69, 9.17) is 4.42 Å². The Kier molecular flexibility index (Phi) is 4.14. The van der Waals surface area contributed by atoms with Gasteiger partial charge in [0.25, 0.3) is 5.89 Å². The number of hydrogen-bond donors (Lipinski definition) is 0. The Hall–Kier alpha value is -2.10. The molecule has 1 atom stereocenters. The lowest BCUT2D eigenvalue weighted by molar-refractivity contribution is 0.332. The van der Waals surface area contributed by atoms with Crippen LogP contribution in [-0.4, -0.2) is 29.5 Å². The summed E-state index contributed by atoms with van der Waals surface area (Å²) in [5.74, 6) is 0.0514. The zero-order valence-corrected chi connectivity index (χ0v) is 14.6. The van der Waals surface area contributed by atoms with Crippen molar-refractivity contribution < 1.29 is 17.2 Å². The number of hydrogen-bond acceptors (Lipinski definition) is 6. The fraction of sp³-hybridized carbons (Fsp3) is 0.250. The number of aromatic nitrogens is 2. The highest BCUT2D eigenvalue weighted by molar-refractivity contribution is 7.89. The SMILES string of the molecule is O=S(=O)(c1cccc(F)c1)N1CCCC1c1nnc(-c2cccs2)o1. The highest BCUT2D eigenvalue weighted by Gasteiger charge is 2.39. The van der Waals surface area contributed by atoms with Crippen LogP contribution in [0.1, 0.15) is 24.8 Å². The number of benzene rings is 1. The van der Waals surface area contributed by atoms with Gasteiger partial charge in [0, 0.05) is 6.54 Å². The zero-order chi connectivity index (χ0) is 17.4. The Labute approximate surface area is 148 Å². The van der Waals surface area contributed by atoms with Crippen molar-refractivity contribution in [2.24, 2.45) is 0 Å². The fourth-order valence-electron chi connectivity index (χ4n) is 2.91. The van der Waals surface area contributed by atoms with Gasteiger partial charge in [-0.3, -0.25) is 0 Å². The molecular weight excluding hydrogens is 365 g/mol. The second-order valence-electron chi connectivity index (χ2n) is 5.65. The topological polar surface area (TPSA) is 76.3 Å². The van der Waals surface area contributed by atoms with Crippen LogP contribution in [0.5, 0.6) is 0 Å². The maximum absolute atomic E-state index is 13.4. The lowest BCUT2D eigenvalue weighted by Crippen LogP contribution is -2.31. The fourth-order valence-corrected chi connectivity index (χ4v) is 5.23. The molecule has 0 spiro atoms. The predicted octanol–water partition coefficient (Wildman–Crippen LogP) is 3.46. The lowest BCUT2D eigenvalue weighted by Gasteiger charge is -2.21. The van der Waals surface area contributed by atoms with Gasteiger partial charge in [-0.05, 0) is 42.5 Å². The van der Waals surface area contributed by atoms with Crippen molar-refractivity contribution in [3.63, 3.8) is 0 Å². The van der Waals surface area contributed by atoms with Crippen LogP contribution in [0.15, 0.2) is 51.1 Å². The molecule has 3 aromatic rings. The molecule has 1 fully saturated rings. The molecule has 1 saturated heterocycles. The van der Waals surface area contributed by atoms with Gasteiger partial charge in [-0.15, -0.1) is 21.5 Å². The summed E-state index contributed by atoms with van der Waals surface area (Å²) in [6, 6.07) is 8.21. The van der Waals surface area contributed by atoms with Gasteiger partial charge in [-0.25, -0.2) is 12.8 Å². The molecule has 25 heavy (non-hydrogen) atoms. The van der Waals surface area contributed by atoms with E-state index < -0.39 is 21.9 Å². The first kappa shape index (κ1) is 16.4. The van der Waals surface area contributed by atoms with Crippen molar-refractivity contribution in [2.75, 3.05) is 6.54 Å². The van der Waals surface area contributed by atoms with Crippen molar-refractivity contribution in [1.82, 2.24) is 14.5 Å². The summed E-state index contributed by atoms with van der Waals surface area (Å²) < 4.78 is 46.2. The first-order chi connectivity index (χ1) is 12.1.